The maximum Gasteiger partial charge on any atom is 0.0416 e. The number of rotatable bonds is 7. The van der Waals surface area contributed by atoms with Crippen molar-refractivity contribution in [2.75, 3.05) is 0 Å². The average Bonchev–Trinajstić information content (AvgIpc) is 1.97. The minimum absolute atomic E-state index is 0.214. The third-order valence-corrected chi connectivity index (χ3v) is 2.07. The standard InChI is InChI=1S/C10H20O2/c1-3-4-5-6-7-9(2)8-10(11)12/h9H,3-8H2,1-2H3,(H,11,12)/p-1. The molecule has 0 aliphatic carbocycles. The van der Waals surface area contributed by atoms with E-state index >= 15 is 0 Å². The van der Waals surface area contributed by atoms with Crippen LogP contribution in [0.3, 0.4) is 0 Å². The molecule has 2 nitrogen and oxygen atoms in total. The number of unbranched alkanes of at least 4 members (excludes halogenated alkanes) is 3. The average molecular weight is 171 g/mol. The normalized spacial score (nSPS) is 12.8. The van der Waals surface area contributed by atoms with Crippen LogP contribution < -0.4 is 5.11 Å². The Morgan fingerprint density at radius 1 is 1.33 bits per heavy atom. The SMILES string of the molecule is CCCCCCC(C)CC(=O)[O-]. The predicted octanol–water partition coefficient (Wildman–Crippen LogP) is 1.73. The van der Waals surface area contributed by atoms with E-state index in [9.17, 15) is 9.90 Å². The Balaban J connectivity index is 3.19. The summed E-state index contributed by atoms with van der Waals surface area (Å²) in [5.74, 6) is -0.634. The zero-order valence-electron chi connectivity index (χ0n) is 8.14. The molecule has 0 saturated carbocycles. The van der Waals surface area contributed by atoms with Gasteiger partial charge >= 0.3 is 0 Å². The van der Waals surface area contributed by atoms with Gasteiger partial charge in [0, 0.05) is 5.97 Å². The first-order valence-electron chi connectivity index (χ1n) is 4.86. The van der Waals surface area contributed by atoms with Gasteiger partial charge in [0.1, 0.15) is 0 Å². The number of carboxylic acid groups (broad SMARTS) is 1. The number of hydrogen-bond acceptors (Lipinski definition) is 2. The Morgan fingerprint density at radius 3 is 2.50 bits per heavy atom. The molecule has 0 aromatic heterocycles. The highest BCUT2D eigenvalue weighted by atomic mass is 16.4. The number of aliphatic carboxylic acids is 1. The largest absolute Gasteiger partial charge is 0.550 e. The smallest absolute Gasteiger partial charge is 0.0416 e. The third-order valence-electron chi connectivity index (χ3n) is 2.07. The van der Waals surface area contributed by atoms with E-state index < -0.39 is 5.97 Å². The van der Waals surface area contributed by atoms with Crippen molar-refractivity contribution >= 4 is 5.97 Å². The lowest BCUT2D eigenvalue weighted by Crippen LogP contribution is -2.24. The lowest BCUT2D eigenvalue weighted by Gasteiger charge is -2.10. The highest BCUT2D eigenvalue weighted by Crippen LogP contribution is 2.12. The first kappa shape index (κ1) is 11.5. The van der Waals surface area contributed by atoms with E-state index in [0.717, 1.165) is 12.8 Å². The summed E-state index contributed by atoms with van der Waals surface area (Å²) in [5, 5.41) is 10.2. The molecule has 0 aliphatic heterocycles. The second-order valence-corrected chi connectivity index (χ2v) is 3.53. The summed E-state index contributed by atoms with van der Waals surface area (Å²) in [5.41, 5.74) is 0. The lowest BCUT2D eigenvalue weighted by atomic mass is 10.00. The molecule has 0 rings (SSSR count). The molecule has 0 heterocycles. The Bertz CT molecular complexity index is 121. The van der Waals surface area contributed by atoms with E-state index in [-0.39, 0.29) is 12.3 Å². The van der Waals surface area contributed by atoms with Crippen LogP contribution in [-0.4, -0.2) is 5.97 Å². The van der Waals surface area contributed by atoms with Gasteiger partial charge in [0.05, 0.1) is 0 Å². The maximum atomic E-state index is 10.2. The molecule has 1 unspecified atom stereocenters. The molecular formula is C10H19O2-. The molecule has 0 aromatic rings. The molecule has 0 N–H and O–H groups in total. The molecule has 0 aromatic carbocycles. The van der Waals surface area contributed by atoms with Crippen molar-refractivity contribution in [3.63, 3.8) is 0 Å². The molecule has 0 spiro atoms. The highest BCUT2D eigenvalue weighted by Gasteiger charge is 2.01. The lowest BCUT2D eigenvalue weighted by molar-refractivity contribution is -0.306. The van der Waals surface area contributed by atoms with Crippen LogP contribution in [0.5, 0.6) is 0 Å². The Labute approximate surface area is 75.0 Å². The molecule has 0 fully saturated rings. The van der Waals surface area contributed by atoms with Crippen LogP contribution in [0.15, 0.2) is 0 Å². The van der Waals surface area contributed by atoms with E-state index in [0.29, 0.717) is 0 Å². The van der Waals surface area contributed by atoms with Gasteiger partial charge in [0.25, 0.3) is 0 Å². The van der Waals surface area contributed by atoms with Crippen molar-refractivity contribution in [1.29, 1.82) is 0 Å². The van der Waals surface area contributed by atoms with E-state index in [4.69, 9.17) is 0 Å². The van der Waals surface area contributed by atoms with Crippen LogP contribution in [0, 0.1) is 5.92 Å². The Kier molecular flexibility index (Phi) is 6.82. The fraction of sp³-hybridized carbons (Fsp3) is 0.900. The molecule has 72 valence electrons. The first-order valence-corrected chi connectivity index (χ1v) is 4.86. The van der Waals surface area contributed by atoms with E-state index in [1.807, 2.05) is 6.92 Å². The van der Waals surface area contributed by atoms with E-state index in [1.165, 1.54) is 19.3 Å². The molecular weight excluding hydrogens is 152 g/mol. The van der Waals surface area contributed by atoms with Crippen LogP contribution in [-0.2, 0) is 4.79 Å². The second-order valence-electron chi connectivity index (χ2n) is 3.53. The minimum Gasteiger partial charge on any atom is -0.550 e. The molecule has 1 atom stereocenters. The summed E-state index contributed by atoms with van der Waals surface area (Å²) in [6.07, 6.45) is 6.11. The fourth-order valence-corrected chi connectivity index (χ4v) is 1.31. The molecule has 0 radical (unpaired) electrons. The van der Waals surface area contributed by atoms with Crippen LogP contribution in [0.4, 0.5) is 0 Å². The Morgan fingerprint density at radius 2 is 2.00 bits per heavy atom. The van der Waals surface area contributed by atoms with Gasteiger partial charge in [-0.1, -0.05) is 46.0 Å². The number of carbonyl (C=O) groups is 1. The summed E-state index contributed by atoms with van der Waals surface area (Å²) in [6.45, 7) is 4.15. The molecule has 0 amide bonds. The van der Waals surface area contributed by atoms with Crippen molar-refractivity contribution in [2.24, 2.45) is 5.92 Å². The molecule has 0 aliphatic rings. The van der Waals surface area contributed by atoms with Crippen molar-refractivity contribution in [1.82, 2.24) is 0 Å². The maximum absolute atomic E-state index is 10.2. The van der Waals surface area contributed by atoms with Crippen molar-refractivity contribution in [2.45, 2.75) is 52.4 Å². The fourth-order valence-electron chi connectivity index (χ4n) is 1.31. The molecule has 0 saturated heterocycles. The zero-order valence-corrected chi connectivity index (χ0v) is 8.14. The van der Waals surface area contributed by atoms with Crippen molar-refractivity contribution < 1.29 is 9.90 Å². The summed E-state index contributed by atoms with van der Waals surface area (Å²) < 4.78 is 0. The first-order chi connectivity index (χ1) is 5.66. The van der Waals surface area contributed by atoms with Gasteiger partial charge in [-0.15, -0.1) is 0 Å². The van der Waals surface area contributed by atoms with Gasteiger partial charge in [0.2, 0.25) is 0 Å². The quantitative estimate of drug-likeness (QED) is 0.547. The monoisotopic (exact) mass is 171 g/mol. The summed E-state index contributed by atoms with van der Waals surface area (Å²) in [7, 11) is 0. The minimum atomic E-state index is -0.919. The number of carbonyl (C=O) groups excluding carboxylic acids is 1. The van der Waals surface area contributed by atoms with Crippen LogP contribution >= 0.6 is 0 Å². The highest BCUT2D eigenvalue weighted by molar-refractivity contribution is 5.64. The molecule has 2 heteroatoms. The summed E-state index contributed by atoms with van der Waals surface area (Å²) >= 11 is 0. The van der Waals surface area contributed by atoms with E-state index in [1.54, 1.807) is 0 Å². The molecule has 12 heavy (non-hydrogen) atoms. The topological polar surface area (TPSA) is 40.1 Å². The van der Waals surface area contributed by atoms with Crippen LogP contribution in [0.2, 0.25) is 0 Å². The van der Waals surface area contributed by atoms with Gasteiger partial charge in [-0.05, 0) is 12.3 Å². The summed E-state index contributed by atoms with van der Waals surface area (Å²) in [4.78, 5) is 10.2. The summed E-state index contributed by atoms with van der Waals surface area (Å²) in [6, 6.07) is 0. The number of hydrogen-bond donors (Lipinski definition) is 0. The second kappa shape index (κ2) is 7.14. The van der Waals surface area contributed by atoms with Gasteiger partial charge in [-0.2, -0.15) is 0 Å². The number of carboxylic acids is 1. The molecule has 0 bridgehead atoms. The third kappa shape index (κ3) is 7.58. The van der Waals surface area contributed by atoms with Crippen LogP contribution in [0.25, 0.3) is 0 Å². The van der Waals surface area contributed by atoms with Crippen LogP contribution in [0.1, 0.15) is 52.4 Å². The van der Waals surface area contributed by atoms with Gasteiger partial charge in [-0.3, -0.25) is 0 Å². The Hall–Kier alpha value is -0.530. The van der Waals surface area contributed by atoms with Gasteiger partial charge in [0.15, 0.2) is 0 Å². The zero-order chi connectivity index (χ0) is 9.40. The van der Waals surface area contributed by atoms with Gasteiger partial charge in [-0.25, -0.2) is 0 Å². The van der Waals surface area contributed by atoms with E-state index in [2.05, 4.69) is 6.92 Å². The van der Waals surface area contributed by atoms with Gasteiger partial charge < -0.3 is 9.90 Å². The van der Waals surface area contributed by atoms with Crippen molar-refractivity contribution in [3.8, 4) is 0 Å². The predicted molar refractivity (Wildman–Crippen MR) is 47.5 cm³/mol. The van der Waals surface area contributed by atoms with Crippen molar-refractivity contribution in [3.05, 3.63) is 0 Å².